The lowest BCUT2D eigenvalue weighted by atomic mass is 10.2. The van der Waals surface area contributed by atoms with Crippen LogP contribution in [0.3, 0.4) is 0 Å². The molecule has 9 heteroatoms. The molecule has 0 bridgehead atoms. The number of nitrogens with one attached hydrogen (secondary N) is 1. The molecule has 1 amide bonds. The summed E-state index contributed by atoms with van der Waals surface area (Å²) in [4.78, 5) is 33.0. The molecular formula is C19H12ClFN4O2S. The molecule has 0 saturated carbocycles. The number of carbonyl (C=O) groups is 1. The number of benzene rings is 2. The van der Waals surface area contributed by atoms with Gasteiger partial charge in [-0.15, -0.1) is 11.3 Å². The SMILES string of the molecule is O=C(Cn1c(=O)cnc2ccccc21)Nc1nc(-c2ccc(F)c(Cl)c2)cs1. The third-order valence-corrected chi connectivity index (χ3v) is 5.07. The van der Waals surface area contributed by atoms with Gasteiger partial charge in [-0.3, -0.25) is 14.2 Å². The number of carbonyl (C=O) groups excluding carboxylic acids is 1. The molecule has 28 heavy (non-hydrogen) atoms. The lowest BCUT2D eigenvalue weighted by Gasteiger charge is -2.08. The number of para-hydroxylation sites is 2. The summed E-state index contributed by atoms with van der Waals surface area (Å²) in [7, 11) is 0. The van der Waals surface area contributed by atoms with Crippen LogP contribution in [-0.4, -0.2) is 20.4 Å². The van der Waals surface area contributed by atoms with Gasteiger partial charge in [-0.2, -0.15) is 0 Å². The highest BCUT2D eigenvalue weighted by atomic mass is 35.5. The highest BCUT2D eigenvalue weighted by molar-refractivity contribution is 7.14. The minimum atomic E-state index is -0.510. The molecule has 2 aromatic carbocycles. The molecule has 1 N–H and O–H groups in total. The van der Waals surface area contributed by atoms with Crippen LogP contribution in [-0.2, 0) is 11.3 Å². The lowest BCUT2D eigenvalue weighted by molar-refractivity contribution is -0.116. The van der Waals surface area contributed by atoms with Gasteiger partial charge in [0.05, 0.1) is 27.9 Å². The summed E-state index contributed by atoms with van der Waals surface area (Å²) in [5, 5.41) is 4.78. The normalized spacial score (nSPS) is 10.9. The second-order valence-corrected chi connectivity index (χ2v) is 7.15. The van der Waals surface area contributed by atoms with Crippen molar-refractivity contribution >= 4 is 45.0 Å². The van der Waals surface area contributed by atoms with Crippen molar-refractivity contribution in [1.29, 1.82) is 0 Å². The first-order chi connectivity index (χ1) is 13.5. The second kappa shape index (κ2) is 7.49. The summed E-state index contributed by atoms with van der Waals surface area (Å²) in [6.07, 6.45) is 1.19. The number of aromatic nitrogens is 3. The third kappa shape index (κ3) is 3.64. The number of rotatable bonds is 4. The summed E-state index contributed by atoms with van der Waals surface area (Å²) in [6.45, 7) is -0.168. The number of fused-ring (bicyclic) bond motifs is 1. The van der Waals surface area contributed by atoms with Gasteiger partial charge in [-0.25, -0.2) is 14.4 Å². The zero-order valence-corrected chi connectivity index (χ0v) is 15.8. The van der Waals surface area contributed by atoms with Crippen molar-refractivity contribution in [2.45, 2.75) is 6.54 Å². The Morgan fingerprint density at radius 3 is 2.89 bits per heavy atom. The van der Waals surface area contributed by atoms with Crippen LogP contribution in [0.25, 0.3) is 22.3 Å². The van der Waals surface area contributed by atoms with E-state index in [1.54, 1.807) is 29.6 Å². The Hall–Kier alpha value is -3.10. The molecule has 0 radical (unpaired) electrons. The van der Waals surface area contributed by atoms with Crippen LogP contribution in [0.4, 0.5) is 9.52 Å². The van der Waals surface area contributed by atoms with E-state index in [4.69, 9.17) is 11.6 Å². The molecule has 2 heterocycles. The maximum Gasteiger partial charge on any atom is 0.269 e. The first kappa shape index (κ1) is 18.3. The number of nitrogens with zero attached hydrogens (tertiary/aromatic N) is 3. The fourth-order valence-electron chi connectivity index (χ4n) is 2.70. The minimum absolute atomic E-state index is 0.0000240. The van der Waals surface area contributed by atoms with Crippen molar-refractivity contribution in [3.63, 3.8) is 0 Å². The molecule has 0 aliphatic rings. The Kier molecular flexibility index (Phi) is 4.89. The van der Waals surface area contributed by atoms with E-state index in [-0.39, 0.29) is 17.1 Å². The fourth-order valence-corrected chi connectivity index (χ4v) is 3.62. The predicted molar refractivity (Wildman–Crippen MR) is 107 cm³/mol. The molecule has 4 rings (SSSR count). The summed E-state index contributed by atoms with van der Waals surface area (Å²) in [5.74, 6) is -0.902. The lowest BCUT2D eigenvalue weighted by Crippen LogP contribution is -2.27. The maximum atomic E-state index is 13.3. The highest BCUT2D eigenvalue weighted by Crippen LogP contribution is 2.28. The van der Waals surface area contributed by atoms with E-state index >= 15 is 0 Å². The topological polar surface area (TPSA) is 76.9 Å². The van der Waals surface area contributed by atoms with Crippen LogP contribution in [0.5, 0.6) is 0 Å². The van der Waals surface area contributed by atoms with E-state index in [0.29, 0.717) is 27.4 Å². The molecule has 0 unspecified atom stereocenters. The van der Waals surface area contributed by atoms with Gasteiger partial charge in [0, 0.05) is 10.9 Å². The molecule has 0 aliphatic carbocycles. The number of hydrogen-bond donors (Lipinski definition) is 1. The van der Waals surface area contributed by atoms with Crippen LogP contribution in [0.15, 0.2) is 58.8 Å². The predicted octanol–water partition coefficient (Wildman–Crippen LogP) is 3.95. The van der Waals surface area contributed by atoms with Crippen LogP contribution >= 0.6 is 22.9 Å². The molecule has 4 aromatic rings. The van der Waals surface area contributed by atoms with Crippen molar-refractivity contribution < 1.29 is 9.18 Å². The summed E-state index contributed by atoms with van der Waals surface area (Å²) in [5.41, 5.74) is 2.04. The molecule has 0 spiro atoms. The van der Waals surface area contributed by atoms with E-state index < -0.39 is 11.7 Å². The molecule has 2 aromatic heterocycles. The molecular weight excluding hydrogens is 403 g/mol. The van der Waals surface area contributed by atoms with Gasteiger partial charge in [0.1, 0.15) is 12.4 Å². The third-order valence-electron chi connectivity index (χ3n) is 4.02. The molecule has 0 fully saturated rings. The Labute approximate surface area is 167 Å². The Morgan fingerprint density at radius 1 is 1.25 bits per heavy atom. The molecule has 6 nitrogen and oxygen atoms in total. The van der Waals surface area contributed by atoms with Crippen molar-refractivity contribution in [1.82, 2.24) is 14.5 Å². The van der Waals surface area contributed by atoms with Crippen molar-refractivity contribution in [3.05, 3.63) is 75.2 Å². The number of halogens is 2. The van der Waals surface area contributed by atoms with Crippen LogP contribution in [0.2, 0.25) is 5.02 Å². The van der Waals surface area contributed by atoms with Crippen LogP contribution < -0.4 is 10.9 Å². The average molecular weight is 415 g/mol. The number of amides is 1. The Morgan fingerprint density at radius 2 is 2.07 bits per heavy atom. The van der Waals surface area contributed by atoms with Gasteiger partial charge in [0.15, 0.2) is 5.13 Å². The quantitative estimate of drug-likeness (QED) is 0.548. The van der Waals surface area contributed by atoms with Gasteiger partial charge in [-0.1, -0.05) is 23.7 Å². The van der Waals surface area contributed by atoms with Gasteiger partial charge in [0.25, 0.3) is 5.56 Å². The van der Waals surface area contributed by atoms with Gasteiger partial charge in [-0.05, 0) is 30.3 Å². The highest BCUT2D eigenvalue weighted by Gasteiger charge is 2.12. The monoisotopic (exact) mass is 414 g/mol. The van der Waals surface area contributed by atoms with E-state index in [1.807, 2.05) is 6.07 Å². The first-order valence-electron chi connectivity index (χ1n) is 8.16. The second-order valence-electron chi connectivity index (χ2n) is 5.89. The summed E-state index contributed by atoms with van der Waals surface area (Å²) < 4.78 is 14.7. The number of thiazole rings is 1. The molecule has 0 aliphatic heterocycles. The number of anilines is 1. The van der Waals surface area contributed by atoms with Gasteiger partial charge in [0.2, 0.25) is 5.91 Å². The van der Waals surface area contributed by atoms with E-state index in [1.165, 1.54) is 34.2 Å². The smallest absolute Gasteiger partial charge is 0.269 e. The standard InChI is InChI=1S/C19H12ClFN4O2S/c20-12-7-11(5-6-13(12)21)15-10-28-19(23-15)24-17(26)9-25-16-4-2-1-3-14(16)22-8-18(25)27/h1-8,10H,9H2,(H,23,24,26). The van der Waals surface area contributed by atoms with Crippen LogP contribution in [0, 0.1) is 5.82 Å². The van der Waals surface area contributed by atoms with Gasteiger partial charge < -0.3 is 5.32 Å². The van der Waals surface area contributed by atoms with Crippen LogP contribution in [0.1, 0.15) is 0 Å². The minimum Gasteiger partial charge on any atom is -0.300 e. The van der Waals surface area contributed by atoms with E-state index in [9.17, 15) is 14.0 Å². The van der Waals surface area contributed by atoms with Gasteiger partial charge >= 0.3 is 0 Å². The molecule has 0 atom stereocenters. The van der Waals surface area contributed by atoms with E-state index in [0.717, 1.165) is 0 Å². The summed E-state index contributed by atoms with van der Waals surface area (Å²) >= 11 is 7.02. The number of hydrogen-bond acceptors (Lipinski definition) is 5. The van der Waals surface area contributed by atoms with E-state index in [2.05, 4.69) is 15.3 Å². The van der Waals surface area contributed by atoms with Crippen molar-refractivity contribution in [2.75, 3.05) is 5.32 Å². The first-order valence-corrected chi connectivity index (χ1v) is 9.42. The Bertz CT molecular complexity index is 1250. The zero-order chi connectivity index (χ0) is 19.7. The summed E-state index contributed by atoms with van der Waals surface area (Å²) in [6, 6.07) is 11.4. The largest absolute Gasteiger partial charge is 0.300 e. The van der Waals surface area contributed by atoms with Crippen molar-refractivity contribution in [3.8, 4) is 11.3 Å². The Balaban J connectivity index is 1.54. The van der Waals surface area contributed by atoms with Crippen molar-refractivity contribution in [2.24, 2.45) is 0 Å². The maximum absolute atomic E-state index is 13.3. The molecule has 0 saturated heterocycles. The molecule has 140 valence electrons. The average Bonchev–Trinajstić information content (AvgIpc) is 3.14. The zero-order valence-electron chi connectivity index (χ0n) is 14.2. The fraction of sp³-hybridized carbons (Fsp3) is 0.0526.